The Morgan fingerprint density at radius 1 is 1.24 bits per heavy atom. The van der Waals surface area contributed by atoms with Crippen molar-refractivity contribution in [1.82, 2.24) is 20.4 Å². The SMILES string of the molecule is CCOc1ccc(C(C)NC(=O)C2CCCN(Cc3nc(-c4ccc(F)cc4)no3)C2)cc1. The van der Waals surface area contributed by atoms with Crippen molar-refractivity contribution in [2.45, 2.75) is 39.3 Å². The molecule has 1 fully saturated rings. The molecule has 2 unspecified atom stereocenters. The van der Waals surface area contributed by atoms with E-state index in [2.05, 4.69) is 20.4 Å². The lowest BCUT2D eigenvalue weighted by molar-refractivity contribution is -0.127. The van der Waals surface area contributed by atoms with Gasteiger partial charge in [-0.05, 0) is 75.2 Å². The summed E-state index contributed by atoms with van der Waals surface area (Å²) in [4.78, 5) is 19.5. The molecule has 0 spiro atoms. The fraction of sp³-hybridized carbons (Fsp3) is 0.400. The van der Waals surface area contributed by atoms with Crippen molar-refractivity contribution < 1.29 is 18.4 Å². The second kappa shape index (κ2) is 10.6. The van der Waals surface area contributed by atoms with Gasteiger partial charge in [-0.25, -0.2) is 4.39 Å². The zero-order valence-corrected chi connectivity index (χ0v) is 19.0. The van der Waals surface area contributed by atoms with Crippen LogP contribution >= 0.6 is 0 Å². The molecule has 1 aliphatic heterocycles. The van der Waals surface area contributed by atoms with Crippen LogP contribution in [0.5, 0.6) is 5.75 Å². The van der Waals surface area contributed by atoms with Crippen LogP contribution in [0.4, 0.5) is 4.39 Å². The molecule has 0 saturated carbocycles. The van der Waals surface area contributed by atoms with Crippen LogP contribution in [0.1, 0.15) is 44.2 Å². The molecule has 1 N–H and O–H groups in total. The Hall–Kier alpha value is -3.26. The molecular weight excluding hydrogens is 423 g/mol. The number of likely N-dealkylation sites (tertiary alicyclic amines) is 1. The first-order valence-electron chi connectivity index (χ1n) is 11.4. The van der Waals surface area contributed by atoms with E-state index in [0.29, 0.717) is 37.0 Å². The molecule has 174 valence electrons. The number of nitrogens with zero attached hydrogens (tertiary/aromatic N) is 3. The molecule has 1 aliphatic rings. The summed E-state index contributed by atoms with van der Waals surface area (Å²) in [6.45, 7) is 6.55. The summed E-state index contributed by atoms with van der Waals surface area (Å²) in [5.74, 6) is 1.39. The number of amides is 1. The van der Waals surface area contributed by atoms with Crippen LogP contribution in [0.15, 0.2) is 53.1 Å². The van der Waals surface area contributed by atoms with E-state index in [-0.39, 0.29) is 23.7 Å². The minimum absolute atomic E-state index is 0.0543. The predicted octanol–water partition coefficient (Wildman–Crippen LogP) is 4.36. The Morgan fingerprint density at radius 2 is 2.00 bits per heavy atom. The molecule has 2 aromatic carbocycles. The van der Waals surface area contributed by atoms with E-state index < -0.39 is 0 Å². The molecule has 0 radical (unpaired) electrons. The maximum absolute atomic E-state index is 13.1. The Morgan fingerprint density at radius 3 is 2.73 bits per heavy atom. The van der Waals surface area contributed by atoms with Gasteiger partial charge in [0.05, 0.1) is 25.1 Å². The Labute approximate surface area is 192 Å². The number of ether oxygens (including phenoxy) is 1. The third kappa shape index (κ3) is 5.96. The number of hydrogen-bond acceptors (Lipinski definition) is 6. The molecule has 0 aliphatic carbocycles. The van der Waals surface area contributed by atoms with Gasteiger partial charge in [0.1, 0.15) is 11.6 Å². The van der Waals surface area contributed by atoms with Gasteiger partial charge in [-0.1, -0.05) is 17.3 Å². The van der Waals surface area contributed by atoms with E-state index in [4.69, 9.17) is 9.26 Å². The minimum Gasteiger partial charge on any atom is -0.494 e. The molecule has 7 nitrogen and oxygen atoms in total. The maximum Gasteiger partial charge on any atom is 0.241 e. The smallest absolute Gasteiger partial charge is 0.241 e. The van der Waals surface area contributed by atoms with Gasteiger partial charge >= 0.3 is 0 Å². The monoisotopic (exact) mass is 452 g/mol. The van der Waals surface area contributed by atoms with Crippen LogP contribution in [-0.4, -0.2) is 40.6 Å². The molecule has 3 aromatic rings. The first-order chi connectivity index (χ1) is 16.0. The number of aromatic nitrogens is 2. The number of carbonyl (C=O) groups excluding carboxylic acids is 1. The van der Waals surface area contributed by atoms with E-state index in [1.165, 1.54) is 12.1 Å². The fourth-order valence-electron chi connectivity index (χ4n) is 4.07. The predicted molar refractivity (Wildman–Crippen MR) is 122 cm³/mol. The molecule has 4 rings (SSSR count). The lowest BCUT2D eigenvalue weighted by Gasteiger charge is -2.31. The number of nitrogens with one attached hydrogen (secondary N) is 1. The van der Waals surface area contributed by atoms with Gasteiger partial charge in [-0.15, -0.1) is 0 Å². The fourth-order valence-corrected chi connectivity index (χ4v) is 4.07. The van der Waals surface area contributed by atoms with Crippen molar-refractivity contribution in [2.75, 3.05) is 19.7 Å². The van der Waals surface area contributed by atoms with Crippen LogP contribution in [0.3, 0.4) is 0 Å². The minimum atomic E-state index is -0.308. The maximum atomic E-state index is 13.1. The molecule has 2 heterocycles. The third-order valence-corrected chi connectivity index (χ3v) is 5.86. The zero-order chi connectivity index (χ0) is 23.2. The first kappa shape index (κ1) is 22.9. The summed E-state index contributed by atoms with van der Waals surface area (Å²) < 4.78 is 24.0. The topological polar surface area (TPSA) is 80.5 Å². The molecule has 0 bridgehead atoms. The van der Waals surface area contributed by atoms with Crippen molar-refractivity contribution in [3.63, 3.8) is 0 Å². The van der Waals surface area contributed by atoms with Crippen LogP contribution in [0, 0.1) is 11.7 Å². The summed E-state index contributed by atoms with van der Waals surface area (Å²) in [5.41, 5.74) is 1.74. The van der Waals surface area contributed by atoms with Crippen molar-refractivity contribution in [1.29, 1.82) is 0 Å². The summed E-state index contributed by atoms with van der Waals surface area (Å²) in [7, 11) is 0. The van der Waals surface area contributed by atoms with Gasteiger partial charge in [-0.3, -0.25) is 9.69 Å². The quantitative estimate of drug-likeness (QED) is 0.547. The molecule has 1 aromatic heterocycles. The summed E-state index contributed by atoms with van der Waals surface area (Å²) in [6.07, 6.45) is 1.78. The highest BCUT2D eigenvalue weighted by molar-refractivity contribution is 5.79. The van der Waals surface area contributed by atoms with Crippen molar-refractivity contribution >= 4 is 5.91 Å². The lowest BCUT2D eigenvalue weighted by atomic mass is 9.96. The highest BCUT2D eigenvalue weighted by Crippen LogP contribution is 2.23. The Balaban J connectivity index is 1.31. The Bertz CT molecular complexity index is 1050. The van der Waals surface area contributed by atoms with Gasteiger partial charge in [0.2, 0.25) is 17.6 Å². The van der Waals surface area contributed by atoms with E-state index in [0.717, 1.165) is 30.7 Å². The largest absolute Gasteiger partial charge is 0.494 e. The lowest BCUT2D eigenvalue weighted by Crippen LogP contribution is -2.43. The molecule has 33 heavy (non-hydrogen) atoms. The third-order valence-electron chi connectivity index (χ3n) is 5.86. The number of halogens is 1. The van der Waals surface area contributed by atoms with Crippen molar-refractivity contribution in [3.05, 3.63) is 65.8 Å². The molecule has 1 amide bonds. The molecule has 1 saturated heterocycles. The number of benzene rings is 2. The van der Waals surface area contributed by atoms with Gasteiger partial charge < -0.3 is 14.6 Å². The number of piperidine rings is 1. The highest BCUT2D eigenvalue weighted by atomic mass is 19.1. The van der Waals surface area contributed by atoms with Crippen LogP contribution < -0.4 is 10.1 Å². The normalized spacial score (nSPS) is 17.5. The number of carbonyl (C=O) groups is 1. The summed E-state index contributed by atoms with van der Waals surface area (Å²) in [6, 6.07) is 13.7. The van der Waals surface area contributed by atoms with Gasteiger partial charge in [0.15, 0.2) is 0 Å². The van der Waals surface area contributed by atoms with Crippen molar-refractivity contribution in [2.24, 2.45) is 5.92 Å². The molecule has 2 atom stereocenters. The van der Waals surface area contributed by atoms with Crippen molar-refractivity contribution in [3.8, 4) is 17.1 Å². The van der Waals surface area contributed by atoms with Crippen LogP contribution in [0.2, 0.25) is 0 Å². The van der Waals surface area contributed by atoms with Gasteiger partial charge in [0, 0.05) is 12.1 Å². The zero-order valence-electron chi connectivity index (χ0n) is 19.0. The van der Waals surface area contributed by atoms with E-state index in [1.54, 1.807) is 12.1 Å². The standard InChI is InChI=1S/C25H29FN4O3/c1-3-32-22-12-8-18(9-13-22)17(2)27-25(31)20-5-4-14-30(15-20)16-23-28-24(29-33-23)19-6-10-21(26)11-7-19/h6-13,17,20H,3-5,14-16H2,1-2H3,(H,27,31). The number of hydrogen-bond donors (Lipinski definition) is 1. The van der Waals surface area contributed by atoms with Crippen LogP contribution in [0.25, 0.3) is 11.4 Å². The average molecular weight is 453 g/mol. The molecular formula is C25H29FN4O3. The van der Waals surface area contributed by atoms with Gasteiger partial charge in [0.25, 0.3) is 0 Å². The van der Waals surface area contributed by atoms with Crippen LogP contribution in [-0.2, 0) is 11.3 Å². The Kier molecular flexibility index (Phi) is 7.34. The van der Waals surface area contributed by atoms with Gasteiger partial charge in [-0.2, -0.15) is 4.98 Å². The van der Waals surface area contributed by atoms with E-state index >= 15 is 0 Å². The average Bonchev–Trinajstić information content (AvgIpc) is 3.28. The second-order valence-corrected chi connectivity index (χ2v) is 8.33. The molecule has 8 heteroatoms. The summed E-state index contributed by atoms with van der Waals surface area (Å²) >= 11 is 0. The van der Waals surface area contributed by atoms with E-state index in [9.17, 15) is 9.18 Å². The van der Waals surface area contributed by atoms with E-state index in [1.807, 2.05) is 38.1 Å². The second-order valence-electron chi connectivity index (χ2n) is 8.33. The first-order valence-corrected chi connectivity index (χ1v) is 11.4. The summed E-state index contributed by atoms with van der Waals surface area (Å²) in [5, 5.41) is 7.15. The number of rotatable bonds is 8. The highest BCUT2D eigenvalue weighted by Gasteiger charge is 2.28.